The number of para-hydroxylation sites is 1. The minimum Gasteiger partial charge on any atom is -0.450 e. The minimum absolute atomic E-state index is 0.0425. The maximum absolute atomic E-state index is 12.9. The van der Waals surface area contributed by atoms with Gasteiger partial charge in [-0.25, -0.2) is 9.69 Å². The molecule has 1 fully saturated rings. The van der Waals surface area contributed by atoms with Crippen LogP contribution in [0.3, 0.4) is 0 Å². The van der Waals surface area contributed by atoms with Crippen LogP contribution in [-0.4, -0.2) is 16.9 Å². The van der Waals surface area contributed by atoms with Gasteiger partial charge in [-0.1, -0.05) is 30.3 Å². The molecule has 1 heterocycles. The van der Waals surface area contributed by atoms with Crippen LogP contribution < -0.4 is 15.0 Å². The maximum Gasteiger partial charge on any atom is 0.416 e. The molecule has 172 valence electrons. The summed E-state index contributed by atoms with van der Waals surface area (Å²) in [5.74, 6) is -0.782. The Morgan fingerprint density at radius 1 is 0.971 bits per heavy atom. The molecule has 3 aromatic rings. The Morgan fingerprint density at radius 3 is 2.26 bits per heavy atom. The molecule has 0 aliphatic carbocycles. The van der Waals surface area contributed by atoms with E-state index in [0.717, 1.165) is 11.0 Å². The molecule has 3 aromatic carbocycles. The van der Waals surface area contributed by atoms with Gasteiger partial charge in [-0.2, -0.15) is 13.2 Å². The van der Waals surface area contributed by atoms with E-state index in [1.165, 1.54) is 30.3 Å². The molecule has 0 bridgehead atoms. The number of carbonyl (C=O) groups is 2. The van der Waals surface area contributed by atoms with Gasteiger partial charge in [-0.3, -0.25) is 14.9 Å². The van der Waals surface area contributed by atoms with Crippen LogP contribution in [-0.2, 0) is 11.0 Å². The summed E-state index contributed by atoms with van der Waals surface area (Å²) in [7, 11) is 0. The van der Waals surface area contributed by atoms with E-state index in [1.54, 1.807) is 30.3 Å². The fourth-order valence-electron chi connectivity index (χ4n) is 3.20. The van der Waals surface area contributed by atoms with Gasteiger partial charge in [0.15, 0.2) is 0 Å². The first kappa shape index (κ1) is 22.5. The number of nitro benzene ring substituents is 1. The van der Waals surface area contributed by atoms with E-state index in [0.29, 0.717) is 23.4 Å². The van der Waals surface area contributed by atoms with Crippen LogP contribution in [0.15, 0.2) is 78.5 Å². The summed E-state index contributed by atoms with van der Waals surface area (Å²) in [5.41, 5.74) is -1.04. The van der Waals surface area contributed by atoms with Crippen LogP contribution in [0.4, 0.5) is 29.3 Å². The highest BCUT2D eigenvalue weighted by Crippen LogP contribution is 2.38. The van der Waals surface area contributed by atoms with Gasteiger partial charge >= 0.3 is 17.9 Å². The Kier molecular flexibility index (Phi) is 5.76. The molecule has 0 atom stereocenters. The summed E-state index contributed by atoms with van der Waals surface area (Å²) in [6.07, 6.45) is -3.30. The van der Waals surface area contributed by atoms with Gasteiger partial charge in [-0.15, -0.1) is 0 Å². The Balaban J connectivity index is 1.53. The molecule has 0 spiro atoms. The number of alkyl halides is 3. The Morgan fingerprint density at radius 2 is 1.65 bits per heavy atom. The predicted octanol–water partition coefficient (Wildman–Crippen LogP) is 5.50. The smallest absolute Gasteiger partial charge is 0.416 e. The van der Waals surface area contributed by atoms with Crippen molar-refractivity contribution in [2.75, 3.05) is 4.90 Å². The number of hydrogen-bond acceptors (Lipinski definition) is 5. The van der Waals surface area contributed by atoms with Gasteiger partial charge in [0.05, 0.1) is 16.2 Å². The number of nitro groups is 1. The van der Waals surface area contributed by atoms with E-state index in [1.807, 2.05) is 0 Å². The topological polar surface area (TPSA) is 102 Å². The molecule has 0 aromatic heterocycles. The van der Waals surface area contributed by atoms with Crippen molar-refractivity contribution in [2.45, 2.75) is 6.18 Å². The number of nitrogens with zero attached hydrogens (tertiary/aromatic N) is 2. The number of ether oxygens (including phenoxy) is 1. The third-order valence-corrected chi connectivity index (χ3v) is 4.79. The summed E-state index contributed by atoms with van der Waals surface area (Å²) < 4.78 is 44.0. The highest BCUT2D eigenvalue weighted by molar-refractivity contribution is 6.28. The zero-order valence-electron chi connectivity index (χ0n) is 17.1. The Bertz CT molecular complexity index is 1310. The van der Waals surface area contributed by atoms with E-state index in [2.05, 4.69) is 5.32 Å². The first-order valence-corrected chi connectivity index (χ1v) is 9.69. The lowest BCUT2D eigenvalue weighted by Crippen LogP contribution is -2.30. The van der Waals surface area contributed by atoms with Gasteiger partial charge in [0.2, 0.25) is 5.75 Å². The van der Waals surface area contributed by atoms with Crippen LogP contribution in [0.1, 0.15) is 11.1 Å². The number of rotatable bonds is 5. The summed E-state index contributed by atoms with van der Waals surface area (Å²) in [4.78, 5) is 36.1. The molecular formula is C23H14F3N3O5. The maximum atomic E-state index is 12.9. The van der Waals surface area contributed by atoms with Gasteiger partial charge in [0, 0.05) is 6.07 Å². The number of amides is 3. The molecule has 1 aliphatic rings. The third-order valence-electron chi connectivity index (χ3n) is 4.79. The molecule has 0 unspecified atom stereocenters. The molecule has 0 radical (unpaired) electrons. The SMILES string of the molecule is O=C1N/C(=C/c2ccc(Oc3ccc(C(F)(F)F)cc3[N+](=O)[O-])cc2)C(=O)N1c1ccccc1. The van der Waals surface area contributed by atoms with Crippen molar-refractivity contribution >= 4 is 29.4 Å². The van der Waals surface area contributed by atoms with Gasteiger partial charge < -0.3 is 10.1 Å². The molecule has 34 heavy (non-hydrogen) atoms. The standard InChI is InChI=1S/C23H14F3N3O5/c24-23(25,26)15-8-11-20(19(13-15)29(32)33)34-17-9-6-14(7-10-17)12-18-21(30)28(22(31)27-18)16-4-2-1-3-5-16/h1-13H,(H,27,31)/b18-12+. The second-order valence-corrected chi connectivity index (χ2v) is 7.07. The largest absolute Gasteiger partial charge is 0.450 e. The van der Waals surface area contributed by atoms with E-state index < -0.39 is 34.3 Å². The Hall–Kier alpha value is -4.67. The number of carbonyl (C=O) groups excluding carboxylic acids is 2. The normalized spacial score (nSPS) is 14.9. The van der Waals surface area contributed by atoms with Crippen molar-refractivity contribution in [1.82, 2.24) is 5.32 Å². The number of urea groups is 1. The summed E-state index contributed by atoms with van der Waals surface area (Å²) >= 11 is 0. The average Bonchev–Trinajstić information content (AvgIpc) is 3.07. The quantitative estimate of drug-likeness (QED) is 0.230. The number of anilines is 1. The zero-order chi connectivity index (χ0) is 24.5. The molecule has 1 aliphatic heterocycles. The molecule has 0 saturated carbocycles. The second kappa shape index (κ2) is 8.70. The van der Waals surface area contributed by atoms with Crippen LogP contribution in [0.25, 0.3) is 6.08 Å². The molecule has 8 nitrogen and oxygen atoms in total. The van der Waals surface area contributed by atoms with Crippen molar-refractivity contribution < 1.29 is 32.4 Å². The number of hydrogen-bond donors (Lipinski definition) is 1. The predicted molar refractivity (Wildman–Crippen MR) is 115 cm³/mol. The fraction of sp³-hybridized carbons (Fsp3) is 0.0435. The first-order chi connectivity index (χ1) is 16.1. The molecule has 4 rings (SSSR count). The van der Waals surface area contributed by atoms with E-state index >= 15 is 0 Å². The molecule has 1 N–H and O–H groups in total. The van der Waals surface area contributed by atoms with E-state index in [4.69, 9.17) is 4.74 Å². The van der Waals surface area contributed by atoms with E-state index in [9.17, 15) is 32.9 Å². The van der Waals surface area contributed by atoms with Gasteiger partial charge in [0.25, 0.3) is 5.91 Å². The lowest BCUT2D eigenvalue weighted by atomic mass is 10.1. The molecule has 3 amide bonds. The lowest BCUT2D eigenvalue weighted by Gasteiger charge is -2.11. The van der Waals surface area contributed by atoms with Crippen molar-refractivity contribution in [3.05, 3.63) is 99.7 Å². The number of imide groups is 1. The average molecular weight is 469 g/mol. The number of nitrogens with one attached hydrogen (secondary N) is 1. The van der Waals surface area contributed by atoms with Crippen LogP contribution in [0, 0.1) is 10.1 Å². The van der Waals surface area contributed by atoms with Crippen molar-refractivity contribution in [2.24, 2.45) is 0 Å². The van der Waals surface area contributed by atoms with Crippen LogP contribution in [0.2, 0.25) is 0 Å². The van der Waals surface area contributed by atoms with Gasteiger partial charge in [0.1, 0.15) is 11.4 Å². The molecule has 1 saturated heterocycles. The summed E-state index contributed by atoms with van der Waals surface area (Å²) in [5, 5.41) is 13.7. The summed E-state index contributed by atoms with van der Waals surface area (Å²) in [6, 6.07) is 15.6. The summed E-state index contributed by atoms with van der Waals surface area (Å²) in [6.45, 7) is 0. The van der Waals surface area contributed by atoms with Gasteiger partial charge in [-0.05, 0) is 48.0 Å². The van der Waals surface area contributed by atoms with Crippen LogP contribution in [0.5, 0.6) is 11.5 Å². The molecule has 11 heteroatoms. The minimum atomic E-state index is -4.73. The highest BCUT2D eigenvalue weighted by Gasteiger charge is 2.35. The monoisotopic (exact) mass is 469 g/mol. The number of benzene rings is 3. The Labute approximate surface area is 190 Å². The molecular weight excluding hydrogens is 455 g/mol. The van der Waals surface area contributed by atoms with Crippen molar-refractivity contribution in [3.63, 3.8) is 0 Å². The zero-order valence-corrected chi connectivity index (χ0v) is 17.1. The number of halogens is 3. The lowest BCUT2D eigenvalue weighted by molar-refractivity contribution is -0.385. The third kappa shape index (κ3) is 4.58. The van der Waals surface area contributed by atoms with Crippen LogP contribution >= 0.6 is 0 Å². The second-order valence-electron chi connectivity index (χ2n) is 7.07. The fourth-order valence-corrected chi connectivity index (χ4v) is 3.20. The highest BCUT2D eigenvalue weighted by atomic mass is 19.4. The van der Waals surface area contributed by atoms with Crippen molar-refractivity contribution in [3.8, 4) is 11.5 Å². The van der Waals surface area contributed by atoms with Crippen molar-refractivity contribution in [1.29, 1.82) is 0 Å². The van der Waals surface area contributed by atoms with E-state index in [-0.39, 0.29) is 17.2 Å². The first-order valence-electron chi connectivity index (χ1n) is 9.69.